The summed E-state index contributed by atoms with van der Waals surface area (Å²) in [7, 11) is 0. The Morgan fingerprint density at radius 2 is 1.86 bits per heavy atom. The van der Waals surface area contributed by atoms with Gasteiger partial charge in [0.05, 0.1) is 17.6 Å². The summed E-state index contributed by atoms with van der Waals surface area (Å²) in [5.74, 6) is 0.614. The number of nitrogens with one attached hydrogen (secondary N) is 1. The Morgan fingerprint density at radius 3 is 2.68 bits per heavy atom. The maximum Gasteiger partial charge on any atom is 0.223 e. The highest BCUT2D eigenvalue weighted by Gasteiger charge is 2.10. The fourth-order valence-corrected chi connectivity index (χ4v) is 3.14. The van der Waals surface area contributed by atoms with Crippen LogP contribution in [-0.4, -0.2) is 30.8 Å². The average molecular weight is 370 g/mol. The maximum absolute atomic E-state index is 4.67. The lowest BCUT2D eigenvalue weighted by Gasteiger charge is -2.14. The summed E-state index contributed by atoms with van der Waals surface area (Å²) in [6.07, 6.45) is 10.1. The number of para-hydroxylation sites is 1. The highest BCUT2D eigenvalue weighted by molar-refractivity contribution is 5.59. The number of hydrogen-bond acceptors (Lipinski definition) is 5. The molecule has 1 aromatic carbocycles. The molecule has 0 saturated heterocycles. The van der Waals surface area contributed by atoms with Crippen LogP contribution in [0.1, 0.15) is 18.1 Å². The summed E-state index contributed by atoms with van der Waals surface area (Å²) in [5, 5.41) is 7.88. The first-order valence-electron chi connectivity index (χ1n) is 9.28. The Labute approximate surface area is 164 Å². The van der Waals surface area contributed by atoms with E-state index in [1.807, 2.05) is 59.8 Å². The number of anilines is 1. The summed E-state index contributed by atoms with van der Waals surface area (Å²) in [6, 6.07) is 14.3. The van der Waals surface area contributed by atoms with Crippen molar-refractivity contribution in [3.63, 3.8) is 0 Å². The van der Waals surface area contributed by atoms with Crippen LogP contribution in [0.15, 0.2) is 73.4 Å². The molecular formula is C22H22N6. The molecule has 0 aliphatic carbocycles. The lowest BCUT2D eigenvalue weighted by atomic mass is 10.1. The minimum atomic E-state index is 0.201. The van der Waals surface area contributed by atoms with Gasteiger partial charge in [-0.15, -0.1) is 0 Å². The molecule has 6 heteroatoms. The highest BCUT2D eigenvalue weighted by atomic mass is 15.3. The minimum Gasteiger partial charge on any atom is -0.351 e. The number of nitrogens with zero attached hydrogens (tertiary/aromatic N) is 5. The predicted molar refractivity (Wildman–Crippen MR) is 110 cm³/mol. The summed E-state index contributed by atoms with van der Waals surface area (Å²) in [5.41, 5.74) is 5.26. The quantitative estimate of drug-likeness (QED) is 0.554. The molecule has 0 aliphatic rings. The second kappa shape index (κ2) is 8.00. The first kappa shape index (κ1) is 17.9. The Morgan fingerprint density at radius 1 is 1.04 bits per heavy atom. The van der Waals surface area contributed by atoms with Gasteiger partial charge in [-0.1, -0.05) is 18.2 Å². The van der Waals surface area contributed by atoms with Gasteiger partial charge in [-0.3, -0.25) is 4.98 Å². The Hall–Kier alpha value is -3.54. The number of pyridine rings is 1. The van der Waals surface area contributed by atoms with Crippen LogP contribution in [-0.2, 0) is 6.42 Å². The van der Waals surface area contributed by atoms with Crippen molar-refractivity contribution >= 4 is 5.95 Å². The molecule has 0 radical (unpaired) electrons. The van der Waals surface area contributed by atoms with E-state index in [9.17, 15) is 0 Å². The van der Waals surface area contributed by atoms with Gasteiger partial charge in [0.1, 0.15) is 0 Å². The Balaban J connectivity index is 1.50. The molecule has 0 aliphatic heterocycles. The van der Waals surface area contributed by atoms with Crippen molar-refractivity contribution in [2.75, 3.05) is 5.32 Å². The third-order valence-electron chi connectivity index (χ3n) is 4.56. The van der Waals surface area contributed by atoms with Crippen LogP contribution < -0.4 is 5.32 Å². The number of rotatable bonds is 6. The second-order valence-electron chi connectivity index (χ2n) is 6.83. The van der Waals surface area contributed by atoms with Gasteiger partial charge in [0, 0.05) is 36.4 Å². The van der Waals surface area contributed by atoms with E-state index in [1.165, 1.54) is 11.1 Å². The van der Waals surface area contributed by atoms with E-state index < -0.39 is 0 Å². The zero-order valence-electron chi connectivity index (χ0n) is 15.9. The van der Waals surface area contributed by atoms with Crippen LogP contribution in [0.5, 0.6) is 0 Å². The van der Waals surface area contributed by atoms with Crippen LogP contribution >= 0.6 is 0 Å². The third-order valence-corrected chi connectivity index (χ3v) is 4.56. The first-order valence-corrected chi connectivity index (χ1v) is 9.28. The van der Waals surface area contributed by atoms with Crippen molar-refractivity contribution in [1.29, 1.82) is 0 Å². The number of aryl methyl sites for hydroxylation is 1. The van der Waals surface area contributed by atoms with Crippen molar-refractivity contribution < 1.29 is 0 Å². The van der Waals surface area contributed by atoms with Crippen LogP contribution in [0, 0.1) is 6.92 Å². The molecule has 1 atom stereocenters. The van der Waals surface area contributed by atoms with Gasteiger partial charge >= 0.3 is 0 Å². The second-order valence-corrected chi connectivity index (χ2v) is 6.83. The number of hydrogen-bond donors (Lipinski definition) is 1. The van der Waals surface area contributed by atoms with Crippen LogP contribution in [0.4, 0.5) is 5.95 Å². The van der Waals surface area contributed by atoms with Crippen molar-refractivity contribution in [3.05, 3.63) is 84.6 Å². The van der Waals surface area contributed by atoms with Crippen molar-refractivity contribution in [2.45, 2.75) is 26.3 Å². The van der Waals surface area contributed by atoms with E-state index in [1.54, 1.807) is 6.20 Å². The molecule has 0 bridgehead atoms. The lowest BCUT2D eigenvalue weighted by Crippen LogP contribution is -2.19. The fraction of sp³-hybridized carbons (Fsp3) is 0.182. The normalized spacial score (nSPS) is 11.9. The van der Waals surface area contributed by atoms with Crippen LogP contribution in [0.2, 0.25) is 0 Å². The predicted octanol–water partition coefficient (Wildman–Crippen LogP) is 4.08. The standard InChI is InChI=1S/C22H22N6/c1-16-5-3-4-6-21(16)28-15-19(14-25-28)20-9-12-24-22(27-20)26-17(2)13-18-7-10-23-11-8-18/h3-12,14-15,17H,13H2,1-2H3,(H,24,26,27). The van der Waals surface area contributed by atoms with E-state index in [2.05, 4.69) is 51.3 Å². The molecule has 0 fully saturated rings. The zero-order valence-corrected chi connectivity index (χ0v) is 15.9. The van der Waals surface area contributed by atoms with Crippen molar-refractivity contribution in [2.24, 2.45) is 0 Å². The topological polar surface area (TPSA) is 68.5 Å². The molecule has 0 amide bonds. The molecule has 3 aromatic heterocycles. The van der Waals surface area contributed by atoms with E-state index in [0.29, 0.717) is 5.95 Å². The van der Waals surface area contributed by atoms with E-state index in [4.69, 9.17) is 0 Å². The summed E-state index contributed by atoms with van der Waals surface area (Å²) < 4.78 is 1.88. The summed E-state index contributed by atoms with van der Waals surface area (Å²) in [4.78, 5) is 13.1. The van der Waals surface area contributed by atoms with Gasteiger partial charge in [0.25, 0.3) is 0 Å². The molecule has 3 heterocycles. The van der Waals surface area contributed by atoms with E-state index in [0.717, 1.165) is 23.4 Å². The van der Waals surface area contributed by atoms with Gasteiger partial charge in [-0.05, 0) is 55.7 Å². The first-order chi connectivity index (χ1) is 13.7. The van der Waals surface area contributed by atoms with Gasteiger partial charge in [0.2, 0.25) is 5.95 Å². The van der Waals surface area contributed by atoms with E-state index in [-0.39, 0.29) is 6.04 Å². The van der Waals surface area contributed by atoms with Gasteiger partial charge in [-0.2, -0.15) is 5.10 Å². The molecule has 140 valence electrons. The monoisotopic (exact) mass is 370 g/mol. The number of benzene rings is 1. The molecule has 4 rings (SSSR count). The summed E-state index contributed by atoms with van der Waals surface area (Å²) in [6.45, 7) is 4.19. The number of aromatic nitrogens is 5. The minimum absolute atomic E-state index is 0.201. The third kappa shape index (κ3) is 4.06. The molecule has 28 heavy (non-hydrogen) atoms. The smallest absolute Gasteiger partial charge is 0.223 e. The molecule has 1 N–H and O–H groups in total. The Kier molecular flexibility index (Phi) is 5.10. The Bertz CT molecular complexity index is 1060. The molecular weight excluding hydrogens is 348 g/mol. The zero-order chi connectivity index (χ0) is 19.3. The molecule has 0 saturated carbocycles. The molecule has 0 spiro atoms. The maximum atomic E-state index is 4.67. The fourth-order valence-electron chi connectivity index (χ4n) is 3.14. The SMILES string of the molecule is Cc1ccccc1-n1cc(-c2ccnc(NC(C)Cc3ccncc3)n2)cn1. The summed E-state index contributed by atoms with van der Waals surface area (Å²) >= 11 is 0. The van der Waals surface area contributed by atoms with Gasteiger partial charge in [-0.25, -0.2) is 14.6 Å². The van der Waals surface area contributed by atoms with Gasteiger partial charge in [0.15, 0.2) is 0 Å². The van der Waals surface area contributed by atoms with Crippen LogP contribution in [0.25, 0.3) is 16.9 Å². The van der Waals surface area contributed by atoms with Crippen LogP contribution in [0.3, 0.4) is 0 Å². The van der Waals surface area contributed by atoms with Gasteiger partial charge < -0.3 is 5.32 Å². The van der Waals surface area contributed by atoms with Crippen molar-refractivity contribution in [1.82, 2.24) is 24.7 Å². The van der Waals surface area contributed by atoms with E-state index >= 15 is 0 Å². The molecule has 4 aromatic rings. The largest absolute Gasteiger partial charge is 0.351 e. The van der Waals surface area contributed by atoms with Crippen molar-refractivity contribution in [3.8, 4) is 16.9 Å². The molecule has 6 nitrogen and oxygen atoms in total. The average Bonchev–Trinajstić information content (AvgIpc) is 3.19. The highest BCUT2D eigenvalue weighted by Crippen LogP contribution is 2.20. The lowest BCUT2D eigenvalue weighted by molar-refractivity contribution is 0.776. The molecule has 1 unspecified atom stereocenters.